The summed E-state index contributed by atoms with van der Waals surface area (Å²) < 4.78 is 16.9. The van der Waals surface area contributed by atoms with Gasteiger partial charge in [-0.3, -0.25) is 14.2 Å². The zero-order valence-electron chi connectivity index (χ0n) is 20.5. The van der Waals surface area contributed by atoms with Gasteiger partial charge in [-0.2, -0.15) is 0 Å². The highest BCUT2D eigenvalue weighted by molar-refractivity contribution is 7.15. The fraction of sp³-hybridized carbons (Fsp3) is 0.214. The van der Waals surface area contributed by atoms with Crippen molar-refractivity contribution in [2.24, 2.45) is 0 Å². The van der Waals surface area contributed by atoms with E-state index >= 15 is 0 Å². The van der Waals surface area contributed by atoms with E-state index in [9.17, 15) is 9.18 Å². The molecule has 5 aromatic rings. The van der Waals surface area contributed by atoms with Crippen LogP contribution in [-0.4, -0.2) is 25.3 Å². The summed E-state index contributed by atoms with van der Waals surface area (Å²) in [6, 6.07) is 12.9. The van der Waals surface area contributed by atoms with Gasteiger partial charge in [-0.1, -0.05) is 32.9 Å². The van der Waals surface area contributed by atoms with E-state index < -0.39 is 5.82 Å². The minimum absolute atomic E-state index is 0.0416. The minimum atomic E-state index is -0.434. The maximum Gasteiger partial charge on any atom is 0.230 e. The van der Waals surface area contributed by atoms with E-state index in [1.807, 2.05) is 47.9 Å². The molecule has 0 fully saturated rings. The van der Waals surface area contributed by atoms with Gasteiger partial charge in [-0.25, -0.2) is 14.4 Å². The minimum Gasteiger partial charge on any atom is -0.302 e. The molecule has 0 aliphatic rings. The number of carbonyl (C=O) groups is 1. The third-order valence-corrected chi connectivity index (χ3v) is 7.27. The highest BCUT2D eigenvalue weighted by Gasteiger charge is 2.19. The monoisotopic (exact) mass is 499 g/mol. The molecule has 4 heterocycles. The Hall–Kier alpha value is -3.91. The second-order valence-electron chi connectivity index (χ2n) is 9.78. The summed E-state index contributed by atoms with van der Waals surface area (Å²) in [5.41, 5.74) is 5.55. The van der Waals surface area contributed by atoms with E-state index in [1.54, 1.807) is 24.7 Å². The Kier molecular flexibility index (Phi) is 6.14. The maximum atomic E-state index is 15.0. The number of hydrogen-bond donors (Lipinski definition) is 1. The van der Waals surface area contributed by atoms with Crippen molar-refractivity contribution in [1.29, 1.82) is 0 Å². The van der Waals surface area contributed by atoms with Gasteiger partial charge in [0, 0.05) is 34.7 Å². The first-order valence-electron chi connectivity index (χ1n) is 11.6. The predicted molar refractivity (Wildman–Crippen MR) is 142 cm³/mol. The van der Waals surface area contributed by atoms with Gasteiger partial charge < -0.3 is 5.32 Å². The Bertz CT molecular complexity index is 1580. The third-order valence-electron chi connectivity index (χ3n) is 5.93. The molecule has 1 N–H and O–H groups in total. The summed E-state index contributed by atoms with van der Waals surface area (Å²) in [6.07, 6.45) is 7.15. The molecule has 4 aromatic heterocycles. The number of carbonyl (C=O) groups excluding carboxylic acids is 1. The van der Waals surface area contributed by atoms with Crippen LogP contribution < -0.4 is 5.32 Å². The number of halogens is 1. The van der Waals surface area contributed by atoms with E-state index in [1.165, 1.54) is 17.4 Å². The number of nitrogens with zero attached hydrogens (tertiary/aromatic N) is 4. The van der Waals surface area contributed by atoms with Crippen LogP contribution in [0.1, 0.15) is 36.9 Å². The molecule has 0 atom stereocenters. The topological polar surface area (TPSA) is 72.2 Å². The number of rotatable bonds is 5. The standard InChI is InChI=1S/C28H26FN5OS/c1-17-11-18(7-9-30-17)19-8-10-34-23(15-31-25(34)13-19)21-6-5-20(22(29)12-21)14-26(35)33-27-32-16-24(36-27)28(2,3)4/h5-13,15-16H,14H2,1-4H3,(H,32,33,35). The smallest absolute Gasteiger partial charge is 0.230 e. The lowest BCUT2D eigenvalue weighted by molar-refractivity contribution is -0.115. The van der Waals surface area contributed by atoms with Crippen molar-refractivity contribution >= 4 is 28.0 Å². The van der Waals surface area contributed by atoms with Crippen molar-refractivity contribution in [3.05, 3.63) is 89.2 Å². The second-order valence-corrected chi connectivity index (χ2v) is 10.8. The average Bonchev–Trinajstić information content (AvgIpc) is 3.47. The van der Waals surface area contributed by atoms with E-state index in [2.05, 4.69) is 41.0 Å². The van der Waals surface area contributed by atoms with Gasteiger partial charge in [0.15, 0.2) is 5.13 Å². The summed E-state index contributed by atoms with van der Waals surface area (Å²) in [7, 11) is 0. The maximum absolute atomic E-state index is 15.0. The van der Waals surface area contributed by atoms with Gasteiger partial charge in [0.25, 0.3) is 0 Å². The first kappa shape index (κ1) is 23.8. The van der Waals surface area contributed by atoms with Crippen LogP contribution in [-0.2, 0) is 16.6 Å². The summed E-state index contributed by atoms with van der Waals surface area (Å²) in [6.45, 7) is 8.23. The molecule has 6 nitrogen and oxygen atoms in total. The lowest BCUT2D eigenvalue weighted by atomic mass is 9.96. The molecule has 36 heavy (non-hydrogen) atoms. The highest BCUT2D eigenvalue weighted by atomic mass is 32.1. The number of anilines is 1. The number of hydrogen-bond acceptors (Lipinski definition) is 5. The number of nitrogens with one attached hydrogen (secondary N) is 1. The van der Waals surface area contributed by atoms with Crippen LogP contribution in [0.4, 0.5) is 9.52 Å². The molecule has 0 spiro atoms. The Morgan fingerprint density at radius 1 is 1.00 bits per heavy atom. The zero-order chi connectivity index (χ0) is 25.4. The normalized spacial score (nSPS) is 11.7. The largest absolute Gasteiger partial charge is 0.302 e. The first-order valence-corrected chi connectivity index (χ1v) is 12.4. The quantitative estimate of drug-likeness (QED) is 0.302. The lowest BCUT2D eigenvalue weighted by Crippen LogP contribution is -2.15. The predicted octanol–water partition coefficient (Wildman–Crippen LogP) is 6.45. The average molecular weight is 500 g/mol. The van der Waals surface area contributed by atoms with Crippen LogP contribution in [0.15, 0.2) is 67.3 Å². The first-order chi connectivity index (χ1) is 17.2. The Balaban J connectivity index is 1.34. The van der Waals surface area contributed by atoms with Crippen molar-refractivity contribution < 1.29 is 9.18 Å². The molecule has 1 aromatic carbocycles. The van der Waals surface area contributed by atoms with Crippen LogP contribution in [0.2, 0.25) is 0 Å². The van der Waals surface area contributed by atoms with Gasteiger partial charge >= 0.3 is 0 Å². The summed E-state index contributed by atoms with van der Waals surface area (Å²) >= 11 is 1.44. The number of pyridine rings is 2. The molecular weight excluding hydrogens is 473 g/mol. The van der Waals surface area contributed by atoms with Crippen LogP contribution in [0.5, 0.6) is 0 Å². The van der Waals surface area contributed by atoms with Crippen molar-refractivity contribution in [2.45, 2.75) is 39.5 Å². The molecule has 5 rings (SSSR count). The molecule has 0 aliphatic heterocycles. The number of aryl methyl sites for hydroxylation is 1. The molecule has 0 unspecified atom stereocenters. The second kappa shape index (κ2) is 9.28. The molecule has 0 bridgehead atoms. The van der Waals surface area contributed by atoms with Gasteiger partial charge in [-0.15, -0.1) is 11.3 Å². The fourth-order valence-electron chi connectivity index (χ4n) is 3.96. The van der Waals surface area contributed by atoms with E-state index in [0.29, 0.717) is 16.3 Å². The number of aromatic nitrogens is 4. The van der Waals surface area contributed by atoms with E-state index in [0.717, 1.165) is 33.0 Å². The molecular formula is C28H26FN5OS. The molecule has 0 aliphatic carbocycles. The van der Waals surface area contributed by atoms with Crippen molar-refractivity contribution in [2.75, 3.05) is 5.32 Å². The number of thiazole rings is 1. The number of fused-ring (bicyclic) bond motifs is 1. The van der Waals surface area contributed by atoms with Crippen LogP contribution in [0.25, 0.3) is 28.0 Å². The summed E-state index contributed by atoms with van der Waals surface area (Å²) in [5.74, 6) is -0.735. The molecule has 8 heteroatoms. The Labute approximate surface area is 212 Å². The fourth-order valence-corrected chi connectivity index (χ4v) is 4.85. The van der Waals surface area contributed by atoms with Gasteiger partial charge in [-0.05, 0) is 59.4 Å². The van der Waals surface area contributed by atoms with Crippen LogP contribution in [0, 0.1) is 12.7 Å². The molecule has 0 radical (unpaired) electrons. The van der Waals surface area contributed by atoms with Gasteiger partial charge in [0.05, 0.1) is 18.3 Å². The van der Waals surface area contributed by atoms with Crippen molar-refractivity contribution in [3.63, 3.8) is 0 Å². The van der Waals surface area contributed by atoms with Crippen LogP contribution in [0.3, 0.4) is 0 Å². The molecule has 1 amide bonds. The third kappa shape index (κ3) is 4.90. The summed E-state index contributed by atoms with van der Waals surface area (Å²) in [5, 5.41) is 3.30. The van der Waals surface area contributed by atoms with Gasteiger partial charge in [0.1, 0.15) is 11.5 Å². The zero-order valence-corrected chi connectivity index (χ0v) is 21.4. The van der Waals surface area contributed by atoms with Crippen molar-refractivity contribution in [3.8, 4) is 22.4 Å². The van der Waals surface area contributed by atoms with Gasteiger partial charge in [0.2, 0.25) is 5.91 Å². The lowest BCUT2D eigenvalue weighted by Gasteiger charge is -2.14. The number of amides is 1. The molecule has 0 saturated heterocycles. The highest BCUT2D eigenvalue weighted by Crippen LogP contribution is 2.30. The Morgan fingerprint density at radius 3 is 2.53 bits per heavy atom. The Morgan fingerprint density at radius 2 is 1.81 bits per heavy atom. The van der Waals surface area contributed by atoms with E-state index in [4.69, 9.17) is 0 Å². The molecule has 182 valence electrons. The number of imidazole rings is 1. The van der Waals surface area contributed by atoms with E-state index in [-0.39, 0.29) is 17.7 Å². The number of benzene rings is 1. The van der Waals surface area contributed by atoms with Crippen LogP contribution >= 0.6 is 11.3 Å². The summed E-state index contributed by atoms with van der Waals surface area (Å²) in [4.78, 5) is 26.6. The SMILES string of the molecule is Cc1cc(-c2ccn3c(-c4ccc(CC(=O)Nc5ncc(C(C)(C)C)s5)c(F)c4)cnc3c2)ccn1. The molecule has 0 saturated carbocycles. The van der Waals surface area contributed by atoms with Crippen molar-refractivity contribution in [1.82, 2.24) is 19.4 Å².